The molecule has 0 radical (unpaired) electrons. The highest BCUT2D eigenvalue weighted by Gasteiger charge is 2.57. The van der Waals surface area contributed by atoms with Gasteiger partial charge in [0.2, 0.25) is 0 Å². The van der Waals surface area contributed by atoms with Gasteiger partial charge in [-0.3, -0.25) is 0 Å². The van der Waals surface area contributed by atoms with Crippen molar-refractivity contribution < 1.29 is 33.0 Å². The van der Waals surface area contributed by atoms with Gasteiger partial charge >= 0.3 is 11.9 Å². The number of esters is 2. The molecule has 1 saturated heterocycles. The van der Waals surface area contributed by atoms with Crippen LogP contribution in [0.4, 0.5) is 0 Å². The zero-order chi connectivity index (χ0) is 31.2. The maximum Gasteiger partial charge on any atom is 0.338 e. The van der Waals surface area contributed by atoms with Crippen LogP contribution in [0, 0.1) is 0 Å². The van der Waals surface area contributed by atoms with Gasteiger partial charge in [-0.25, -0.2) is 9.59 Å². The van der Waals surface area contributed by atoms with Crippen molar-refractivity contribution in [3.8, 4) is 0 Å². The van der Waals surface area contributed by atoms with Crippen molar-refractivity contribution in [2.75, 3.05) is 13.7 Å². The fraction of sp³-hybridized carbons (Fsp3) is 0.278. The summed E-state index contributed by atoms with van der Waals surface area (Å²) in [6, 6.07) is 37.9. The minimum absolute atomic E-state index is 0.129. The van der Waals surface area contributed by atoms with Crippen molar-refractivity contribution in [1.82, 2.24) is 0 Å². The Balaban J connectivity index is 1.58. The van der Waals surface area contributed by atoms with Gasteiger partial charge in [-0.05, 0) is 39.7 Å². The van der Waals surface area contributed by atoms with Crippen molar-refractivity contribution in [2.45, 2.75) is 50.4 Å². The third-order valence-electron chi connectivity index (χ3n) is 7.87. The molecule has 7 nitrogen and oxygen atoms in total. The summed E-state index contributed by atoms with van der Waals surface area (Å²) in [5.74, 6) is -1.02. The molecule has 1 fully saturated rings. The Labute approximate surface area is 259 Å². The van der Waals surface area contributed by atoms with Crippen molar-refractivity contribution in [2.24, 2.45) is 0 Å². The maximum atomic E-state index is 13.4. The number of benzene rings is 4. The van der Waals surface area contributed by atoms with Crippen molar-refractivity contribution >= 4 is 30.6 Å². The Bertz CT molecular complexity index is 1470. The molecule has 0 spiro atoms. The molecule has 0 aliphatic carbocycles. The lowest BCUT2D eigenvalue weighted by Gasteiger charge is -2.45. The molecule has 8 heteroatoms. The van der Waals surface area contributed by atoms with Gasteiger partial charge in [0.25, 0.3) is 8.32 Å². The van der Waals surface area contributed by atoms with Crippen molar-refractivity contribution in [3.05, 3.63) is 132 Å². The summed E-state index contributed by atoms with van der Waals surface area (Å²) >= 11 is 0. The summed E-state index contributed by atoms with van der Waals surface area (Å²) in [5, 5.41) is 1.72. The predicted molar refractivity (Wildman–Crippen MR) is 171 cm³/mol. The summed E-state index contributed by atoms with van der Waals surface area (Å²) in [6.45, 7) is 6.37. The Morgan fingerprint density at radius 3 is 1.59 bits per heavy atom. The Morgan fingerprint density at radius 1 is 0.682 bits per heavy atom. The molecule has 0 amide bonds. The van der Waals surface area contributed by atoms with Gasteiger partial charge in [0, 0.05) is 7.11 Å². The average molecular weight is 611 g/mol. The molecule has 0 bridgehead atoms. The quantitative estimate of drug-likeness (QED) is 0.176. The maximum absolute atomic E-state index is 13.4. The lowest BCUT2D eigenvalue weighted by molar-refractivity contribution is -0.155. The number of methoxy groups -OCH3 is 1. The summed E-state index contributed by atoms with van der Waals surface area (Å²) in [4.78, 5) is 26.4. The molecule has 0 aromatic heterocycles. The van der Waals surface area contributed by atoms with Crippen LogP contribution in [0.5, 0.6) is 0 Å². The van der Waals surface area contributed by atoms with E-state index in [1.165, 1.54) is 7.11 Å². The SMILES string of the molecule is CO[C@@H]1O[C@@H](COC(=O)c2ccccc2)[C@H](O[Si](c2ccccc2)(c2ccccc2)C(C)(C)C)[C@H]1OC(=O)c1ccccc1. The highest BCUT2D eigenvalue weighted by Crippen LogP contribution is 2.40. The van der Waals surface area contributed by atoms with Gasteiger partial charge in [-0.2, -0.15) is 0 Å². The van der Waals surface area contributed by atoms with Gasteiger partial charge in [-0.15, -0.1) is 0 Å². The molecule has 1 heterocycles. The van der Waals surface area contributed by atoms with Crippen molar-refractivity contribution in [1.29, 1.82) is 0 Å². The van der Waals surface area contributed by atoms with Crippen LogP contribution < -0.4 is 10.4 Å². The second-order valence-corrected chi connectivity index (χ2v) is 16.0. The third-order valence-corrected chi connectivity index (χ3v) is 12.9. The summed E-state index contributed by atoms with van der Waals surface area (Å²) in [7, 11) is -1.67. The van der Waals surface area contributed by atoms with E-state index in [0.29, 0.717) is 11.1 Å². The number of hydrogen-bond acceptors (Lipinski definition) is 7. The van der Waals surface area contributed by atoms with Gasteiger partial charge < -0.3 is 23.4 Å². The predicted octanol–water partition coefficient (Wildman–Crippen LogP) is 5.39. The fourth-order valence-electron chi connectivity index (χ4n) is 5.76. The van der Waals surface area contributed by atoms with E-state index in [-0.39, 0.29) is 11.6 Å². The van der Waals surface area contributed by atoms with Gasteiger partial charge in [0.05, 0.1) is 11.1 Å². The molecule has 0 unspecified atom stereocenters. The largest absolute Gasteiger partial charge is 0.459 e. The minimum atomic E-state index is -3.16. The smallest absolute Gasteiger partial charge is 0.338 e. The highest BCUT2D eigenvalue weighted by molar-refractivity contribution is 6.99. The summed E-state index contributed by atoms with van der Waals surface area (Å²) in [5.41, 5.74) is 0.816. The first-order valence-corrected chi connectivity index (χ1v) is 16.6. The average Bonchev–Trinajstić information content (AvgIpc) is 3.38. The fourth-order valence-corrected chi connectivity index (χ4v) is 10.5. The van der Waals surface area contributed by atoms with Gasteiger partial charge in [-0.1, -0.05) is 118 Å². The van der Waals surface area contributed by atoms with Crippen LogP contribution >= 0.6 is 0 Å². The first-order valence-electron chi connectivity index (χ1n) is 14.7. The second kappa shape index (κ2) is 13.7. The van der Waals surface area contributed by atoms with Crippen molar-refractivity contribution in [3.63, 3.8) is 0 Å². The van der Waals surface area contributed by atoms with Gasteiger partial charge in [0.1, 0.15) is 18.8 Å². The van der Waals surface area contributed by atoms with E-state index < -0.39 is 44.9 Å². The van der Waals surface area contributed by atoms with Crippen LogP contribution in [0.15, 0.2) is 121 Å². The topological polar surface area (TPSA) is 80.3 Å². The summed E-state index contributed by atoms with van der Waals surface area (Å²) in [6.07, 6.45) is -3.52. The second-order valence-electron chi connectivity index (χ2n) is 11.7. The monoisotopic (exact) mass is 610 g/mol. The molecule has 4 aromatic carbocycles. The van der Waals surface area contributed by atoms with Crippen LogP contribution in [0.2, 0.25) is 5.04 Å². The van der Waals surface area contributed by atoms with E-state index in [2.05, 4.69) is 45.0 Å². The van der Waals surface area contributed by atoms with Crippen LogP contribution in [0.3, 0.4) is 0 Å². The molecule has 1 aliphatic heterocycles. The van der Waals surface area contributed by atoms with Crippen LogP contribution in [0.25, 0.3) is 0 Å². The van der Waals surface area contributed by atoms with Crippen LogP contribution in [-0.4, -0.2) is 58.6 Å². The van der Waals surface area contributed by atoms with E-state index in [4.69, 9.17) is 23.4 Å². The molecule has 5 rings (SSSR count). The lowest BCUT2D eigenvalue weighted by Crippen LogP contribution is -2.69. The first kappa shape index (κ1) is 31.3. The van der Waals surface area contributed by atoms with E-state index in [9.17, 15) is 9.59 Å². The third kappa shape index (κ3) is 6.54. The Kier molecular flexibility index (Phi) is 9.76. The number of rotatable bonds is 10. The number of ether oxygens (including phenoxy) is 4. The van der Waals surface area contributed by atoms with E-state index >= 15 is 0 Å². The highest BCUT2D eigenvalue weighted by atomic mass is 28.4. The molecular formula is C36H38O7Si. The Hall–Kier alpha value is -4.08. The summed E-state index contributed by atoms with van der Waals surface area (Å²) < 4.78 is 31.4. The zero-order valence-corrected chi connectivity index (χ0v) is 26.4. The zero-order valence-electron chi connectivity index (χ0n) is 25.4. The first-order chi connectivity index (χ1) is 21.2. The molecule has 4 aromatic rings. The van der Waals surface area contributed by atoms with E-state index in [1.54, 1.807) is 48.5 Å². The van der Waals surface area contributed by atoms with E-state index in [0.717, 1.165) is 10.4 Å². The normalized spacial score (nSPS) is 20.2. The Morgan fingerprint density at radius 2 is 1.14 bits per heavy atom. The molecular weight excluding hydrogens is 572 g/mol. The molecule has 4 atom stereocenters. The molecule has 0 N–H and O–H groups in total. The number of hydrogen-bond donors (Lipinski definition) is 0. The molecule has 228 valence electrons. The number of carbonyl (C=O) groups excluding carboxylic acids is 2. The molecule has 1 aliphatic rings. The lowest BCUT2D eigenvalue weighted by atomic mass is 10.1. The van der Waals surface area contributed by atoms with Crippen LogP contribution in [-0.2, 0) is 23.4 Å². The van der Waals surface area contributed by atoms with E-state index in [1.807, 2.05) is 48.5 Å². The molecule has 44 heavy (non-hydrogen) atoms. The van der Waals surface area contributed by atoms with Gasteiger partial charge in [0.15, 0.2) is 12.4 Å². The number of carbonyl (C=O) groups is 2. The standard InChI is InChI=1S/C36H38O7Si/c1-36(2,3)44(28-21-13-7-14-22-28,29-23-15-8-16-24-29)43-31-30(25-40-33(37)26-17-9-5-10-18-26)41-35(39-4)32(31)42-34(38)27-19-11-6-12-20-27/h5-24,30-32,35H,25H2,1-4H3/t30-,31-,32+,35+/m0/s1. The molecule has 0 saturated carbocycles. The van der Waals surface area contributed by atoms with Crippen LogP contribution in [0.1, 0.15) is 41.5 Å². The minimum Gasteiger partial charge on any atom is -0.459 e.